The molecule has 0 unspecified atom stereocenters. The van der Waals surface area contributed by atoms with E-state index < -0.39 is 5.97 Å². The minimum Gasteiger partial charge on any atom is -0.462 e. The van der Waals surface area contributed by atoms with Crippen LogP contribution in [-0.2, 0) is 11.3 Å². The van der Waals surface area contributed by atoms with E-state index in [9.17, 15) is 10.1 Å². The molecule has 0 spiro atoms. The number of likely N-dealkylation sites (tertiary alicyclic amines) is 1. The Morgan fingerprint density at radius 2 is 2.42 bits per heavy atom. The van der Waals surface area contributed by atoms with Gasteiger partial charge in [0.2, 0.25) is 0 Å². The molecule has 24 heavy (non-hydrogen) atoms. The molecule has 0 aliphatic carbocycles. The number of anilines is 1. The van der Waals surface area contributed by atoms with Gasteiger partial charge in [-0.25, -0.2) is 4.79 Å². The van der Waals surface area contributed by atoms with Gasteiger partial charge in [-0.2, -0.15) is 5.26 Å². The zero-order valence-corrected chi connectivity index (χ0v) is 15.1. The zero-order valence-electron chi connectivity index (χ0n) is 13.4. The van der Waals surface area contributed by atoms with E-state index in [4.69, 9.17) is 10.5 Å². The quantitative estimate of drug-likeness (QED) is 0.820. The van der Waals surface area contributed by atoms with E-state index in [0.717, 1.165) is 30.7 Å². The molecule has 126 valence electrons. The minimum atomic E-state index is -0.391. The van der Waals surface area contributed by atoms with Crippen molar-refractivity contribution in [2.24, 2.45) is 0 Å². The Labute approximate surface area is 149 Å². The van der Waals surface area contributed by atoms with Gasteiger partial charge in [-0.15, -0.1) is 22.7 Å². The maximum absolute atomic E-state index is 12.2. The van der Waals surface area contributed by atoms with Crippen LogP contribution < -0.4 is 5.73 Å². The fourth-order valence-electron chi connectivity index (χ4n) is 3.14. The lowest BCUT2D eigenvalue weighted by atomic mass is 10.1. The van der Waals surface area contributed by atoms with E-state index >= 15 is 0 Å². The molecule has 2 aromatic heterocycles. The highest BCUT2D eigenvalue weighted by Gasteiger charge is 2.30. The Bertz CT molecular complexity index is 762. The van der Waals surface area contributed by atoms with E-state index in [2.05, 4.69) is 28.5 Å². The van der Waals surface area contributed by atoms with Crippen LogP contribution in [0.15, 0.2) is 17.5 Å². The molecule has 7 heteroatoms. The Hall–Kier alpha value is -1.88. The first kappa shape index (κ1) is 17.0. The summed E-state index contributed by atoms with van der Waals surface area (Å²) in [6.07, 6.45) is 2.20. The molecule has 3 rings (SSSR count). The lowest BCUT2D eigenvalue weighted by Gasteiger charge is -2.23. The van der Waals surface area contributed by atoms with Gasteiger partial charge in [0.25, 0.3) is 0 Å². The Morgan fingerprint density at radius 3 is 3.08 bits per heavy atom. The Kier molecular flexibility index (Phi) is 5.19. The maximum atomic E-state index is 12.2. The van der Waals surface area contributed by atoms with Crippen LogP contribution in [0, 0.1) is 11.3 Å². The number of thiophene rings is 2. The first-order valence-corrected chi connectivity index (χ1v) is 9.61. The third-order valence-corrected chi connectivity index (χ3v) is 6.22. The third-order valence-electron chi connectivity index (χ3n) is 4.20. The van der Waals surface area contributed by atoms with Crippen molar-refractivity contribution in [3.8, 4) is 6.07 Å². The van der Waals surface area contributed by atoms with Crippen LogP contribution in [0.1, 0.15) is 51.5 Å². The summed E-state index contributed by atoms with van der Waals surface area (Å²) in [7, 11) is 0. The topological polar surface area (TPSA) is 79.3 Å². The summed E-state index contributed by atoms with van der Waals surface area (Å²) < 4.78 is 5.14. The third kappa shape index (κ3) is 3.18. The van der Waals surface area contributed by atoms with Gasteiger partial charge >= 0.3 is 5.97 Å². The van der Waals surface area contributed by atoms with Gasteiger partial charge in [-0.3, -0.25) is 4.90 Å². The van der Waals surface area contributed by atoms with Gasteiger partial charge in [0, 0.05) is 23.0 Å². The molecule has 0 radical (unpaired) electrons. The van der Waals surface area contributed by atoms with E-state index in [1.807, 2.05) is 0 Å². The molecule has 1 aliphatic rings. The summed E-state index contributed by atoms with van der Waals surface area (Å²) in [6.45, 7) is 3.57. The summed E-state index contributed by atoms with van der Waals surface area (Å²) in [4.78, 5) is 16.4. The van der Waals surface area contributed by atoms with Crippen LogP contribution in [-0.4, -0.2) is 24.0 Å². The predicted octanol–water partition coefficient (Wildman–Crippen LogP) is 3.78. The number of nitrogens with zero attached hydrogens (tertiary/aromatic N) is 2. The lowest BCUT2D eigenvalue weighted by molar-refractivity contribution is 0.0529. The highest BCUT2D eigenvalue weighted by Crippen LogP contribution is 2.38. The van der Waals surface area contributed by atoms with Gasteiger partial charge in [-0.1, -0.05) is 6.07 Å². The Balaban J connectivity index is 1.91. The average molecular weight is 361 g/mol. The zero-order chi connectivity index (χ0) is 17.1. The van der Waals surface area contributed by atoms with Crippen molar-refractivity contribution in [2.75, 3.05) is 18.9 Å². The molecule has 2 N–H and O–H groups in total. The molecule has 0 amide bonds. The van der Waals surface area contributed by atoms with Gasteiger partial charge in [-0.05, 0) is 37.8 Å². The first-order chi connectivity index (χ1) is 11.7. The molecule has 5 nitrogen and oxygen atoms in total. The van der Waals surface area contributed by atoms with E-state index in [0.29, 0.717) is 40.2 Å². The molecule has 1 saturated heterocycles. The molecular formula is C17H19N3O2S2. The fraction of sp³-hybridized carbons (Fsp3) is 0.412. The highest BCUT2D eigenvalue weighted by atomic mass is 32.1. The number of esters is 1. The molecule has 1 atom stereocenters. The van der Waals surface area contributed by atoms with Crippen LogP contribution in [0.25, 0.3) is 0 Å². The van der Waals surface area contributed by atoms with Crippen molar-refractivity contribution in [1.29, 1.82) is 5.26 Å². The van der Waals surface area contributed by atoms with E-state index in [1.54, 1.807) is 18.3 Å². The van der Waals surface area contributed by atoms with Gasteiger partial charge < -0.3 is 10.5 Å². The first-order valence-electron chi connectivity index (χ1n) is 7.91. The van der Waals surface area contributed by atoms with Crippen LogP contribution in [0.4, 0.5) is 5.00 Å². The molecule has 0 aromatic carbocycles. The fourth-order valence-corrected chi connectivity index (χ4v) is 4.96. The number of nitrogens with two attached hydrogens (primary N) is 1. The van der Waals surface area contributed by atoms with Crippen molar-refractivity contribution < 1.29 is 9.53 Å². The summed E-state index contributed by atoms with van der Waals surface area (Å²) >= 11 is 2.90. The predicted molar refractivity (Wildman–Crippen MR) is 96.1 cm³/mol. The maximum Gasteiger partial charge on any atom is 0.348 e. The number of nitriles is 1. The van der Waals surface area contributed by atoms with Crippen LogP contribution >= 0.6 is 22.7 Å². The van der Waals surface area contributed by atoms with Crippen LogP contribution in [0.3, 0.4) is 0 Å². The number of hydrogen-bond acceptors (Lipinski definition) is 7. The number of nitrogen functional groups attached to an aromatic ring is 1. The molecule has 0 bridgehead atoms. The van der Waals surface area contributed by atoms with Crippen molar-refractivity contribution in [3.05, 3.63) is 38.4 Å². The normalized spacial score (nSPS) is 17.8. The van der Waals surface area contributed by atoms with E-state index in [-0.39, 0.29) is 0 Å². The number of rotatable bonds is 5. The minimum absolute atomic E-state index is 0.305. The highest BCUT2D eigenvalue weighted by molar-refractivity contribution is 7.18. The largest absolute Gasteiger partial charge is 0.462 e. The molecule has 1 fully saturated rings. The second kappa shape index (κ2) is 7.34. The van der Waals surface area contributed by atoms with Crippen molar-refractivity contribution >= 4 is 33.6 Å². The van der Waals surface area contributed by atoms with Gasteiger partial charge in [0.15, 0.2) is 0 Å². The van der Waals surface area contributed by atoms with E-state index in [1.165, 1.54) is 4.88 Å². The monoisotopic (exact) mass is 361 g/mol. The van der Waals surface area contributed by atoms with Crippen LogP contribution in [0.5, 0.6) is 0 Å². The van der Waals surface area contributed by atoms with Gasteiger partial charge in [0.1, 0.15) is 15.9 Å². The lowest BCUT2D eigenvalue weighted by Crippen LogP contribution is -2.23. The summed E-state index contributed by atoms with van der Waals surface area (Å²) in [5, 5.41) is 11.9. The summed E-state index contributed by atoms with van der Waals surface area (Å²) in [5.74, 6) is -0.391. The molecule has 0 saturated carbocycles. The number of carbonyl (C=O) groups excluding carboxylic acids is 1. The summed E-state index contributed by atoms with van der Waals surface area (Å²) in [6, 6.07) is 6.70. The molecule has 3 heterocycles. The van der Waals surface area contributed by atoms with Crippen molar-refractivity contribution in [3.63, 3.8) is 0 Å². The molecular weight excluding hydrogens is 342 g/mol. The molecule has 2 aromatic rings. The summed E-state index contributed by atoms with van der Waals surface area (Å²) in [5.41, 5.74) is 7.09. The SMILES string of the molecule is CCOC(=O)c1sc(N)c(C#N)c1CN1CCC[C@@H]1c1cccs1. The number of carbonyl (C=O) groups is 1. The molecule has 1 aliphatic heterocycles. The smallest absolute Gasteiger partial charge is 0.348 e. The second-order valence-corrected chi connectivity index (χ2v) is 7.66. The van der Waals surface area contributed by atoms with Crippen LogP contribution in [0.2, 0.25) is 0 Å². The van der Waals surface area contributed by atoms with Gasteiger partial charge in [0.05, 0.1) is 12.2 Å². The standard InChI is InChI=1S/C17H19N3O2S2/c1-2-22-17(21)15-12(11(9-18)16(19)24-15)10-20-7-3-5-13(20)14-6-4-8-23-14/h4,6,8,13H,2-3,5,7,10,19H2,1H3/t13-/m1/s1. The average Bonchev–Trinajstić information content (AvgIpc) is 3.28. The number of hydrogen-bond donors (Lipinski definition) is 1. The Morgan fingerprint density at radius 1 is 1.58 bits per heavy atom. The number of ether oxygens (including phenoxy) is 1. The second-order valence-electron chi connectivity index (χ2n) is 5.63. The van der Waals surface area contributed by atoms with Crippen molar-refractivity contribution in [2.45, 2.75) is 32.4 Å². The van der Waals surface area contributed by atoms with Crippen molar-refractivity contribution in [1.82, 2.24) is 4.90 Å².